The minimum Gasteiger partial charge on any atom is -0.508 e. The Bertz CT molecular complexity index is 1870. The van der Waals surface area contributed by atoms with Crippen LogP contribution in [0.1, 0.15) is 51.0 Å². The van der Waals surface area contributed by atoms with Gasteiger partial charge >= 0.3 is 6.01 Å². The van der Waals surface area contributed by atoms with Gasteiger partial charge in [-0.2, -0.15) is 9.97 Å². The maximum atomic E-state index is 16.9. The van der Waals surface area contributed by atoms with E-state index in [4.69, 9.17) is 14.5 Å². The van der Waals surface area contributed by atoms with Gasteiger partial charge in [-0.3, -0.25) is 9.88 Å². The number of rotatable bonds is 6. The molecule has 3 atom stereocenters. The van der Waals surface area contributed by atoms with Crippen molar-refractivity contribution in [3.8, 4) is 23.0 Å². The first-order valence-corrected chi connectivity index (χ1v) is 16.6. The number of hydrogen-bond acceptors (Lipinski definition) is 9. The van der Waals surface area contributed by atoms with E-state index in [0.717, 1.165) is 19.4 Å². The summed E-state index contributed by atoms with van der Waals surface area (Å²) < 4.78 is 58.6. The molecular weight excluding hydrogens is 611 g/mol. The predicted octanol–water partition coefficient (Wildman–Crippen LogP) is 5.47. The topological polar surface area (TPSA) is 104 Å². The molecule has 6 heterocycles. The molecule has 4 aliphatic rings. The lowest BCUT2D eigenvalue weighted by Crippen LogP contribution is -2.50. The van der Waals surface area contributed by atoms with Gasteiger partial charge in [0, 0.05) is 37.8 Å². The largest absolute Gasteiger partial charge is 0.508 e. The molecule has 1 unspecified atom stereocenters. The Kier molecular flexibility index (Phi) is 7.45. The van der Waals surface area contributed by atoms with Crippen molar-refractivity contribution in [2.24, 2.45) is 0 Å². The van der Waals surface area contributed by atoms with Crippen LogP contribution in [0.3, 0.4) is 0 Å². The van der Waals surface area contributed by atoms with Crippen molar-refractivity contribution in [1.82, 2.24) is 19.9 Å². The SMILES string of the molecule is CCc1c(F)ccc2cc(O)cc(-c3ncc4c(N5CCC6(CC5)OCCC6O)nc(OC[C@@]56CCCN5C[C@H](F)C6)nc4c3F)c12. The molecule has 0 aliphatic carbocycles. The first-order valence-electron chi connectivity index (χ1n) is 16.6. The van der Waals surface area contributed by atoms with E-state index in [1.165, 1.54) is 24.4 Å². The van der Waals surface area contributed by atoms with E-state index in [1.807, 2.05) is 11.8 Å². The van der Waals surface area contributed by atoms with E-state index in [2.05, 4.69) is 14.9 Å². The smallest absolute Gasteiger partial charge is 0.319 e. The molecule has 2 aromatic carbocycles. The van der Waals surface area contributed by atoms with Gasteiger partial charge in [-0.1, -0.05) is 13.0 Å². The van der Waals surface area contributed by atoms with Crippen molar-refractivity contribution in [2.75, 3.05) is 44.3 Å². The van der Waals surface area contributed by atoms with Crippen LogP contribution >= 0.6 is 0 Å². The lowest BCUT2D eigenvalue weighted by Gasteiger charge is -2.41. The zero-order chi connectivity index (χ0) is 32.5. The fraction of sp³-hybridized carbons (Fsp3) is 0.514. The zero-order valence-electron chi connectivity index (χ0n) is 26.3. The number of aliphatic hydroxyl groups excluding tert-OH is 1. The van der Waals surface area contributed by atoms with E-state index in [0.29, 0.717) is 85.9 Å². The number of anilines is 1. The van der Waals surface area contributed by atoms with Crippen LogP contribution in [0.25, 0.3) is 32.9 Å². The molecule has 248 valence electrons. The molecule has 4 aromatic rings. The minimum absolute atomic E-state index is 0.0195. The Morgan fingerprint density at radius 3 is 2.70 bits per heavy atom. The van der Waals surface area contributed by atoms with Gasteiger partial charge in [0.05, 0.1) is 29.2 Å². The molecule has 8 rings (SSSR count). The molecule has 12 heteroatoms. The minimum atomic E-state index is -0.929. The molecule has 2 aromatic heterocycles. The summed E-state index contributed by atoms with van der Waals surface area (Å²) in [4.78, 5) is 18.0. The third kappa shape index (κ3) is 4.98. The van der Waals surface area contributed by atoms with E-state index in [9.17, 15) is 19.0 Å². The Labute approximate surface area is 270 Å². The number of alkyl halides is 1. The van der Waals surface area contributed by atoms with Crippen LogP contribution in [0.2, 0.25) is 0 Å². The third-order valence-electron chi connectivity index (χ3n) is 10.9. The molecule has 0 bridgehead atoms. The number of ether oxygens (including phenoxy) is 2. The van der Waals surface area contributed by atoms with Crippen LogP contribution in [0.4, 0.5) is 19.0 Å². The summed E-state index contributed by atoms with van der Waals surface area (Å²) in [5.41, 5.74) is -0.498. The van der Waals surface area contributed by atoms with Gasteiger partial charge in [0.2, 0.25) is 0 Å². The maximum Gasteiger partial charge on any atom is 0.319 e. The normalized spacial score (nSPS) is 25.8. The fourth-order valence-corrected chi connectivity index (χ4v) is 8.50. The molecule has 4 saturated heterocycles. The molecule has 9 nitrogen and oxygen atoms in total. The number of halogens is 3. The first-order chi connectivity index (χ1) is 22.7. The predicted molar refractivity (Wildman–Crippen MR) is 171 cm³/mol. The van der Waals surface area contributed by atoms with Gasteiger partial charge < -0.3 is 24.6 Å². The molecule has 0 amide bonds. The Morgan fingerprint density at radius 1 is 1.11 bits per heavy atom. The molecule has 4 fully saturated rings. The molecule has 1 spiro atoms. The lowest BCUT2D eigenvalue weighted by molar-refractivity contribution is -0.0729. The zero-order valence-corrected chi connectivity index (χ0v) is 26.3. The second-order valence-electron chi connectivity index (χ2n) is 13.6. The average Bonchev–Trinajstić information content (AvgIpc) is 3.71. The van der Waals surface area contributed by atoms with E-state index >= 15 is 4.39 Å². The second-order valence-corrected chi connectivity index (χ2v) is 13.6. The van der Waals surface area contributed by atoms with Gasteiger partial charge in [-0.25, -0.2) is 13.2 Å². The highest BCUT2D eigenvalue weighted by molar-refractivity contribution is 6.01. The maximum absolute atomic E-state index is 16.9. The number of fused-ring (bicyclic) bond motifs is 3. The Morgan fingerprint density at radius 2 is 1.94 bits per heavy atom. The fourth-order valence-electron chi connectivity index (χ4n) is 8.50. The van der Waals surface area contributed by atoms with Crippen molar-refractivity contribution in [3.63, 3.8) is 0 Å². The van der Waals surface area contributed by atoms with Crippen LogP contribution < -0.4 is 9.64 Å². The first kappa shape index (κ1) is 30.6. The van der Waals surface area contributed by atoms with Crippen LogP contribution in [0, 0.1) is 11.6 Å². The molecule has 4 aliphatic heterocycles. The van der Waals surface area contributed by atoms with E-state index in [1.54, 1.807) is 6.07 Å². The molecule has 0 saturated carbocycles. The number of nitrogens with zero attached hydrogens (tertiary/aromatic N) is 5. The van der Waals surface area contributed by atoms with Gasteiger partial charge in [0.25, 0.3) is 0 Å². The Hall–Kier alpha value is -3.74. The number of benzene rings is 2. The van der Waals surface area contributed by atoms with Gasteiger partial charge in [-0.05, 0) is 79.6 Å². The number of aromatic nitrogens is 3. The molecule has 2 N–H and O–H groups in total. The average molecular weight is 650 g/mol. The van der Waals surface area contributed by atoms with E-state index < -0.39 is 35.1 Å². The quantitative estimate of drug-likeness (QED) is 0.282. The summed E-state index contributed by atoms with van der Waals surface area (Å²) in [7, 11) is 0. The van der Waals surface area contributed by atoms with Crippen molar-refractivity contribution >= 4 is 27.5 Å². The number of aryl methyl sites for hydroxylation is 1. The van der Waals surface area contributed by atoms with Crippen molar-refractivity contribution in [1.29, 1.82) is 0 Å². The highest BCUT2D eigenvalue weighted by atomic mass is 19.1. The number of phenolic OH excluding ortho intramolecular Hbond substituents is 1. The summed E-state index contributed by atoms with van der Waals surface area (Å²) in [6.07, 6.45) is 4.25. The molecule has 47 heavy (non-hydrogen) atoms. The van der Waals surface area contributed by atoms with Crippen molar-refractivity contribution in [2.45, 2.75) is 75.3 Å². The number of aliphatic hydroxyl groups is 1. The summed E-state index contributed by atoms with van der Waals surface area (Å²) in [6, 6.07) is 5.80. The number of piperidine rings is 1. The molecule has 0 radical (unpaired) electrons. The van der Waals surface area contributed by atoms with Crippen molar-refractivity contribution < 1.29 is 32.9 Å². The summed E-state index contributed by atoms with van der Waals surface area (Å²) in [5.74, 6) is -0.823. The van der Waals surface area contributed by atoms with Gasteiger partial charge in [0.1, 0.15) is 41.4 Å². The third-order valence-corrected chi connectivity index (χ3v) is 10.9. The van der Waals surface area contributed by atoms with Crippen LogP contribution in [0.5, 0.6) is 11.8 Å². The van der Waals surface area contributed by atoms with Crippen LogP contribution in [0.15, 0.2) is 30.5 Å². The standard InChI is InChI=1S/C35H38F3N5O4/c1-2-23-26(37)5-4-20-14-22(44)15-24(28(20)23)30-29(38)31-25(17-39-30)32(42-11-8-35(9-12-42)27(45)6-13-47-35)41-33(40-31)46-19-34-7-3-10-43(34)18-21(36)16-34/h4-5,14-15,17,21,27,44-45H,2-3,6-13,16,18-19H2,1H3/t21-,27?,34+/m1/s1. The monoisotopic (exact) mass is 649 g/mol. The van der Waals surface area contributed by atoms with Crippen molar-refractivity contribution in [3.05, 3.63) is 47.7 Å². The number of pyridine rings is 1. The highest BCUT2D eigenvalue weighted by Gasteiger charge is 2.50. The van der Waals surface area contributed by atoms with Crippen LogP contribution in [-0.2, 0) is 11.2 Å². The summed E-state index contributed by atoms with van der Waals surface area (Å²) in [6.45, 7) is 4.70. The van der Waals surface area contributed by atoms with Gasteiger partial charge in [-0.15, -0.1) is 0 Å². The number of aromatic hydroxyl groups is 1. The Balaban J connectivity index is 1.24. The second kappa shape index (κ2) is 11.5. The van der Waals surface area contributed by atoms with Gasteiger partial charge in [0.15, 0.2) is 5.82 Å². The summed E-state index contributed by atoms with van der Waals surface area (Å²) in [5, 5.41) is 22.6. The molecular formula is C35H38F3N5O4. The lowest BCUT2D eigenvalue weighted by atomic mass is 9.86. The number of hydrogen-bond donors (Lipinski definition) is 2. The highest BCUT2D eigenvalue weighted by Crippen LogP contribution is 2.43. The van der Waals surface area contributed by atoms with Crippen LogP contribution in [-0.4, -0.2) is 92.9 Å². The van der Waals surface area contributed by atoms with E-state index in [-0.39, 0.29) is 35.1 Å². The number of phenols is 1. The summed E-state index contributed by atoms with van der Waals surface area (Å²) >= 11 is 0.